The van der Waals surface area contributed by atoms with E-state index >= 15 is 0 Å². The van der Waals surface area contributed by atoms with Crippen molar-refractivity contribution in [1.29, 1.82) is 0 Å². The zero-order valence-electron chi connectivity index (χ0n) is 13.8. The fourth-order valence-corrected chi connectivity index (χ4v) is 1.80. The van der Waals surface area contributed by atoms with Crippen molar-refractivity contribution in [2.24, 2.45) is 0 Å². The molecule has 1 rings (SSSR count). The first-order valence-electron chi connectivity index (χ1n) is 7.28. The fourth-order valence-electron chi connectivity index (χ4n) is 1.80. The number of rotatable bonds is 6. The fraction of sp³-hybridized carbons (Fsp3) is 0.562. The van der Waals surface area contributed by atoms with Gasteiger partial charge in [0.05, 0.1) is 12.1 Å². The van der Waals surface area contributed by atoms with Crippen molar-refractivity contribution in [1.82, 2.24) is 5.32 Å². The van der Waals surface area contributed by atoms with Crippen molar-refractivity contribution in [3.05, 3.63) is 24.3 Å². The van der Waals surface area contributed by atoms with Crippen molar-refractivity contribution >= 4 is 17.4 Å². The number of benzene rings is 1. The van der Waals surface area contributed by atoms with E-state index in [9.17, 15) is 4.79 Å². The second-order valence-corrected chi connectivity index (χ2v) is 5.58. The zero-order chi connectivity index (χ0) is 16.0. The highest BCUT2D eigenvalue weighted by Gasteiger charge is 2.14. The predicted molar refractivity (Wildman–Crippen MR) is 88.1 cm³/mol. The van der Waals surface area contributed by atoms with Gasteiger partial charge in [-0.15, -0.1) is 0 Å². The molecule has 0 aliphatic rings. The first-order valence-corrected chi connectivity index (χ1v) is 7.28. The van der Waals surface area contributed by atoms with Crippen LogP contribution in [0.3, 0.4) is 0 Å². The van der Waals surface area contributed by atoms with Crippen LogP contribution in [0.1, 0.15) is 27.7 Å². The number of urea groups is 1. The second kappa shape index (κ2) is 7.88. The number of hydrogen-bond acceptors (Lipinski definition) is 3. The maximum atomic E-state index is 12.0. The van der Waals surface area contributed by atoms with E-state index in [0.29, 0.717) is 6.04 Å². The highest BCUT2D eigenvalue weighted by molar-refractivity contribution is 5.90. The van der Waals surface area contributed by atoms with E-state index in [1.807, 2.05) is 45.2 Å². The number of carbonyl (C=O) groups excluding carboxylic acids is 1. The number of carbonyl (C=O) groups is 1. The summed E-state index contributed by atoms with van der Waals surface area (Å²) in [7, 11) is 3.66. The maximum absolute atomic E-state index is 12.0. The van der Waals surface area contributed by atoms with Gasteiger partial charge in [-0.05, 0) is 45.9 Å². The Bertz CT molecular complexity index is 463. The van der Waals surface area contributed by atoms with Crippen LogP contribution in [0, 0.1) is 0 Å². The van der Waals surface area contributed by atoms with Crippen LogP contribution in [-0.4, -0.2) is 38.4 Å². The molecule has 0 spiro atoms. The third-order valence-electron chi connectivity index (χ3n) is 3.72. The quantitative estimate of drug-likeness (QED) is 0.847. The number of hydrogen-bond donors (Lipinski definition) is 2. The molecule has 5 nitrogen and oxygen atoms in total. The summed E-state index contributed by atoms with van der Waals surface area (Å²) >= 11 is 0. The molecule has 2 amide bonds. The van der Waals surface area contributed by atoms with E-state index in [2.05, 4.69) is 29.4 Å². The number of ether oxygens (including phenoxy) is 1. The summed E-state index contributed by atoms with van der Waals surface area (Å²) in [6.07, 6.45) is -0.0332. The summed E-state index contributed by atoms with van der Waals surface area (Å²) in [4.78, 5) is 14.1. The molecule has 21 heavy (non-hydrogen) atoms. The van der Waals surface area contributed by atoms with Gasteiger partial charge in [0.2, 0.25) is 0 Å². The van der Waals surface area contributed by atoms with E-state index in [1.54, 1.807) is 7.11 Å². The Morgan fingerprint density at radius 2 is 1.90 bits per heavy atom. The van der Waals surface area contributed by atoms with Gasteiger partial charge in [0, 0.05) is 31.6 Å². The molecule has 0 aliphatic heterocycles. The lowest BCUT2D eigenvalue weighted by atomic mass is 10.2. The van der Waals surface area contributed by atoms with Gasteiger partial charge in [0.15, 0.2) is 0 Å². The van der Waals surface area contributed by atoms with Crippen LogP contribution in [0.25, 0.3) is 0 Å². The van der Waals surface area contributed by atoms with Crippen molar-refractivity contribution < 1.29 is 9.53 Å². The zero-order valence-corrected chi connectivity index (χ0v) is 13.8. The van der Waals surface area contributed by atoms with Gasteiger partial charge >= 0.3 is 6.03 Å². The Morgan fingerprint density at radius 1 is 1.24 bits per heavy atom. The predicted octanol–water partition coefficient (Wildman–Crippen LogP) is 3.08. The average molecular weight is 293 g/mol. The van der Waals surface area contributed by atoms with Crippen LogP contribution in [0.5, 0.6) is 0 Å². The summed E-state index contributed by atoms with van der Waals surface area (Å²) < 4.78 is 5.19. The Kier molecular flexibility index (Phi) is 6.49. The number of nitrogens with zero attached hydrogens (tertiary/aromatic N) is 1. The van der Waals surface area contributed by atoms with Crippen molar-refractivity contribution in [3.8, 4) is 0 Å². The minimum Gasteiger partial charge on any atom is -0.380 e. The van der Waals surface area contributed by atoms with Crippen LogP contribution in [-0.2, 0) is 4.74 Å². The van der Waals surface area contributed by atoms with Gasteiger partial charge in [-0.3, -0.25) is 0 Å². The lowest BCUT2D eigenvalue weighted by molar-refractivity contribution is 0.0920. The monoisotopic (exact) mass is 293 g/mol. The van der Waals surface area contributed by atoms with Crippen molar-refractivity contribution in [2.45, 2.75) is 45.9 Å². The highest BCUT2D eigenvalue weighted by Crippen LogP contribution is 2.20. The molecule has 1 aromatic rings. The molecule has 0 bridgehead atoms. The molecule has 0 aliphatic carbocycles. The van der Waals surface area contributed by atoms with Crippen LogP contribution < -0.4 is 15.5 Å². The Balaban J connectivity index is 2.66. The Hall–Kier alpha value is -1.75. The molecule has 1 aromatic carbocycles. The van der Waals surface area contributed by atoms with Crippen LogP contribution in [0.4, 0.5) is 16.2 Å². The van der Waals surface area contributed by atoms with Gasteiger partial charge in [0.25, 0.3) is 0 Å². The lowest BCUT2D eigenvalue weighted by Crippen LogP contribution is -2.42. The number of nitrogens with one attached hydrogen (secondary N) is 2. The molecule has 0 saturated heterocycles. The number of methoxy groups -OCH3 is 1. The molecule has 5 heteroatoms. The topological polar surface area (TPSA) is 53.6 Å². The lowest BCUT2D eigenvalue weighted by Gasteiger charge is -2.24. The van der Waals surface area contributed by atoms with Gasteiger partial charge in [0.1, 0.15) is 0 Å². The number of anilines is 2. The van der Waals surface area contributed by atoms with E-state index in [-0.39, 0.29) is 18.2 Å². The third kappa shape index (κ3) is 5.27. The minimum absolute atomic E-state index is 0.0332. The average Bonchev–Trinajstić information content (AvgIpc) is 2.45. The van der Waals surface area contributed by atoms with Crippen molar-refractivity contribution in [2.75, 3.05) is 24.4 Å². The second-order valence-electron chi connectivity index (χ2n) is 5.58. The molecule has 0 aromatic heterocycles. The third-order valence-corrected chi connectivity index (χ3v) is 3.72. The molecular formula is C16H27N3O2. The molecule has 0 radical (unpaired) electrons. The maximum Gasteiger partial charge on any atom is 0.319 e. The van der Waals surface area contributed by atoms with Crippen LogP contribution in [0.2, 0.25) is 0 Å². The van der Waals surface area contributed by atoms with Gasteiger partial charge < -0.3 is 20.3 Å². The van der Waals surface area contributed by atoms with E-state index in [1.165, 1.54) is 0 Å². The van der Waals surface area contributed by atoms with Crippen LogP contribution in [0.15, 0.2) is 24.3 Å². The molecule has 0 fully saturated rings. The van der Waals surface area contributed by atoms with Gasteiger partial charge in [-0.2, -0.15) is 0 Å². The first kappa shape index (κ1) is 17.3. The molecule has 0 unspecified atom stereocenters. The van der Waals surface area contributed by atoms with Gasteiger partial charge in [-0.25, -0.2) is 4.79 Å². The summed E-state index contributed by atoms with van der Waals surface area (Å²) in [5.74, 6) is 0. The minimum atomic E-state index is -0.226. The molecule has 0 saturated carbocycles. The number of amides is 2. The molecule has 0 heterocycles. The summed E-state index contributed by atoms with van der Waals surface area (Å²) in [6, 6.07) is 7.92. The SMILES string of the molecule is CO[C@H](C)[C@H](C)NC(=O)Nc1cccc(N(C)C(C)C)c1. The smallest absolute Gasteiger partial charge is 0.319 e. The van der Waals surface area contributed by atoms with Crippen molar-refractivity contribution in [3.63, 3.8) is 0 Å². The summed E-state index contributed by atoms with van der Waals surface area (Å²) in [5, 5.41) is 5.72. The van der Waals surface area contributed by atoms with Gasteiger partial charge in [-0.1, -0.05) is 6.07 Å². The molecule has 118 valence electrons. The Labute approximate surface area is 127 Å². The summed E-state index contributed by atoms with van der Waals surface area (Å²) in [6.45, 7) is 8.08. The largest absolute Gasteiger partial charge is 0.380 e. The Morgan fingerprint density at radius 3 is 2.48 bits per heavy atom. The van der Waals surface area contributed by atoms with E-state index < -0.39 is 0 Å². The highest BCUT2D eigenvalue weighted by atomic mass is 16.5. The normalized spacial score (nSPS) is 13.7. The summed E-state index contributed by atoms with van der Waals surface area (Å²) in [5.41, 5.74) is 1.84. The molecule has 2 N–H and O–H groups in total. The molecular weight excluding hydrogens is 266 g/mol. The first-order chi connectivity index (χ1) is 9.85. The van der Waals surface area contributed by atoms with E-state index in [0.717, 1.165) is 11.4 Å². The van der Waals surface area contributed by atoms with E-state index in [4.69, 9.17) is 4.74 Å². The van der Waals surface area contributed by atoms with Crippen LogP contribution >= 0.6 is 0 Å². The standard InChI is InChI=1S/C16H27N3O2/c1-11(2)19(5)15-9-7-8-14(10-15)18-16(20)17-12(3)13(4)21-6/h7-13H,1-6H3,(H2,17,18,20)/t12-,13+/m0/s1. The molecule has 2 atom stereocenters.